The zero-order chi connectivity index (χ0) is 7.47. The molecule has 0 radical (unpaired) electrons. The van der Waals surface area contributed by atoms with Gasteiger partial charge in [-0.1, -0.05) is 0 Å². The van der Waals surface area contributed by atoms with Gasteiger partial charge in [-0.25, -0.2) is 0 Å². The third kappa shape index (κ3) is 0.807. The highest BCUT2D eigenvalue weighted by Gasteiger charge is 2.59. The van der Waals surface area contributed by atoms with Crippen LogP contribution in [0.5, 0.6) is 0 Å². The smallest absolute Gasteiger partial charge is 0.00498 e. The van der Waals surface area contributed by atoms with E-state index in [2.05, 4.69) is 0 Å². The average molecular weight is 151 g/mol. The fourth-order valence-corrected chi connectivity index (χ4v) is 3.23. The standard InChI is InChI=1S/C10H17N/c11-9-5-10(6-9,7-1-2-7)8-3-4-8/h7-9H,1-6,11H2. The van der Waals surface area contributed by atoms with Crippen molar-refractivity contribution in [1.29, 1.82) is 0 Å². The van der Waals surface area contributed by atoms with Crippen LogP contribution < -0.4 is 5.73 Å². The quantitative estimate of drug-likeness (QED) is 0.641. The largest absolute Gasteiger partial charge is 0.328 e. The van der Waals surface area contributed by atoms with Gasteiger partial charge < -0.3 is 5.73 Å². The summed E-state index contributed by atoms with van der Waals surface area (Å²) in [7, 11) is 0. The summed E-state index contributed by atoms with van der Waals surface area (Å²) in [6.07, 6.45) is 8.80. The van der Waals surface area contributed by atoms with Crippen LogP contribution in [-0.2, 0) is 0 Å². The van der Waals surface area contributed by atoms with Crippen molar-refractivity contribution >= 4 is 0 Å². The second kappa shape index (κ2) is 1.82. The first-order valence-electron chi connectivity index (χ1n) is 5.07. The first-order chi connectivity index (χ1) is 5.31. The van der Waals surface area contributed by atoms with E-state index >= 15 is 0 Å². The van der Waals surface area contributed by atoms with Crippen LogP contribution in [0.1, 0.15) is 38.5 Å². The zero-order valence-electron chi connectivity index (χ0n) is 7.05. The SMILES string of the molecule is NC1CC(C2CC2)(C2CC2)C1. The van der Waals surface area contributed by atoms with Gasteiger partial charge in [-0.3, -0.25) is 0 Å². The second-order valence-electron chi connectivity index (χ2n) is 4.95. The lowest BCUT2D eigenvalue weighted by molar-refractivity contribution is 0.0476. The van der Waals surface area contributed by atoms with Gasteiger partial charge in [-0.15, -0.1) is 0 Å². The summed E-state index contributed by atoms with van der Waals surface area (Å²) in [4.78, 5) is 0. The number of hydrogen-bond acceptors (Lipinski definition) is 1. The van der Waals surface area contributed by atoms with Crippen LogP contribution in [0.25, 0.3) is 0 Å². The summed E-state index contributed by atoms with van der Waals surface area (Å²) in [6, 6.07) is 0.566. The molecule has 0 unspecified atom stereocenters. The van der Waals surface area contributed by atoms with Crippen LogP contribution in [0.3, 0.4) is 0 Å². The van der Waals surface area contributed by atoms with Crippen molar-refractivity contribution in [2.24, 2.45) is 23.0 Å². The maximum atomic E-state index is 5.89. The zero-order valence-corrected chi connectivity index (χ0v) is 7.05. The lowest BCUT2D eigenvalue weighted by Gasteiger charge is -2.47. The fourth-order valence-electron chi connectivity index (χ4n) is 3.23. The Kier molecular flexibility index (Phi) is 1.07. The average Bonchev–Trinajstić information content (AvgIpc) is 2.74. The predicted molar refractivity (Wildman–Crippen MR) is 45.1 cm³/mol. The first-order valence-corrected chi connectivity index (χ1v) is 5.07. The van der Waals surface area contributed by atoms with E-state index in [1.54, 1.807) is 0 Å². The molecule has 0 aromatic heterocycles. The summed E-state index contributed by atoms with van der Waals surface area (Å²) < 4.78 is 0. The molecule has 0 bridgehead atoms. The van der Waals surface area contributed by atoms with E-state index in [9.17, 15) is 0 Å². The Labute approximate surface area is 68.3 Å². The molecule has 1 nitrogen and oxygen atoms in total. The van der Waals surface area contributed by atoms with Crippen molar-refractivity contribution < 1.29 is 0 Å². The van der Waals surface area contributed by atoms with Crippen LogP contribution in [0.2, 0.25) is 0 Å². The second-order valence-corrected chi connectivity index (χ2v) is 4.95. The number of hydrogen-bond donors (Lipinski definition) is 1. The number of nitrogens with two attached hydrogens (primary N) is 1. The van der Waals surface area contributed by atoms with E-state index in [1.807, 2.05) is 0 Å². The van der Waals surface area contributed by atoms with Gasteiger partial charge in [-0.05, 0) is 55.8 Å². The molecule has 3 aliphatic carbocycles. The first kappa shape index (κ1) is 6.47. The summed E-state index contributed by atoms with van der Waals surface area (Å²) >= 11 is 0. The molecule has 0 aromatic rings. The van der Waals surface area contributed by atoms with Gasteiger partial charge >= 0.3 is 0 Å². The van der Waals surface area contributed by atoms with E-state index in [4.69, 9.17) is 5.73 Å². The molecule has 3 saturated carbocycles. The molecule has 0 amide bonds. The minimum absolute atomic E-state index is 0.566. The topological polar surface area (TPSA) is 26.0 Å². The Morgan fingerprint density at radius 1 is 0.909 bits per heavy atom. The van der Waals surface area contributed by atoms with Gasteiger partial charge in [-0.2, -0.15) is 0 Å². The number of rotatable bonds is 2. The lowest BCUT2D eigenvalue weighted by Crippen LogP contribution is -2.48. The highest BCUT2D eigenvalue weighted by atomic mass is 14.8. The van der Waals surface area contributed by atoms with Gasteiger partial charge in [0.05, 0.1) is 0 Å². The monoisotopic (exact) mass is 151 g/mol. The molecule has 0 saturated heterocycles. The predicted octanol–water partition coefficient (Wildman–Crippen LogP) is 1.91. The summed E-state index contributed by atoms with van der Waals surface area (Å²) in [6.45, 7) is 0. The molecule has 0 aliphatic heterocycles. The van der Waals surface area contributed by atoms with Crippen molar-refractivity contribution in [2.75, 3.05) is 0 Å². The Hall–Kier alpha value is -0.0400. The third-order valence-electron chi connectivity index (χ3n) is 4.07. The Bertz CT molecular complexity index is 159. The third-order valence-corrected chi connectivity index (χ3v) is 4.07. The van der Waals surface area contributed by atoms with Crippen molar-refractivity contribution in [1.82, 2.24) is 0 Å². The molecule has 2 N–H and O–H groups in total. The minimum atomic E-state index is 0.566. The van der Waals surface area contributed by atoms with E-state index in [-0.39, 0.29) is 0 Å². The van der Waals surface area contributed by atoms with E-state index in [0.29, 0.717) is 6.04 Å². The molecule has 0 aromatic carbocycles. The van der Waals surface area contributed by atoms with Gasteiger partial charge in [0.25, 0.3) is 0 Å². The van der Waals surface area contributed by atoms with Crippen LogP contribution >= 0.6 is 0 Å². The molecule has 0 heterocycles. The van der Waals surface area contributed by atoms with Crippen molar-refractivity contribution in [2.45, 2.75) is 44.6 Å². The van der Waals surface area contributed by atoms with E-state index in [1.165, 1.54) is 38.5 Å². The van der Waals surface area contributed by atoms with Crippen molar-refractivity contribution in [3.8, 4) is 0 Å². The van der Waals surface area contributed by atoms with Gasteiger partial charge in [0.2, 0.25) is 0 Å². The highest BCUT2D eigenvalue weighted by molar-refractivity contribution is 5.10. The lowest BCUT2D eigenvalue weighted by atomic mass is 9.59. The van der Waals surface area contributed by atoms with Gasteiger partial charge in [0.1, 0.15) is 0 Å². The van der Waals surface area contributed by atoms with Crippen molar-refractivity contribution in [3.05, 3.63) is 0 Å². The van der Waals surface area contributed by atoms with Crippen LogP contribution in [0.15, 0.2) is 0 Å². The molecular formula is C10H17N. The summed E-state index contributed by atoms with van der Waals surface area (Å²) in [5, 5.41) is 0. The summed E-state index contributed by atoms with van der Waals surface area (Å²) in [5.41, 5.74) is 6.68. The fraction of sp³-hybridized carbons (Fsp3) is 1.00. The maximum absolute atomic E-state index is 5.89. The molecule has 3 fully saturated rings. The molecule has 1 heteroatoms. The molecule has 11 heavy (non-hydrogen) atoms. The highest BCUT2D eigenvalue weighted by Crippen LogP contribution is 2.66. The van der Waals surface area contributed by atoms with Crippen LogP contribution in [-0.4, -0.2) is 6.04 Å². The molecule has 3 aliphatic rings. The normalized spacial score (nSPS) is 36.8. The van der Waals surface area contributed by atoms with Crippen molar-refractivity contribution in [3.63, 3.8) is 0 Å². The molecule has 62 valence electrons. The van der Waals surface area contributed by atoms with Gasteiger partial charge in [0, 0.05) is 6.04 Å². The Balaban J connectivity index is 1.77. The van der Waals surface area contributed by atoms with Gasteiger partial charge in [0.15, 0.2) is 0 Å². The molecule has 0 spiro atoms. The molecule has 3 rings (SSSR count). The van der Waals surface area contributed by atoms with Crippen LogP contribution in [0, 0.1) is 17.3 Å². The van der Waals surface area contributed by atoms with E-state index < -0.39 is 0 Å². The summed E-state index contributed by atoms with van der Waals surface area (Å²) in [5.74, 6) is 2.21. The molecular weight excluding hydrogens is 134 g/mol. The van der Waals surface area contributed by atoms with E-state index in [0.717, 1.165) is 17.3 Å². The Morgan fingerprint density at radius 3 is 1.64 bits per heavy atom. The van der Waals surface area contributed by atoms with Crippen LogP contribution in [0.4, 0.5) is 0 Å². The maximum Gasteiger partial charge on any atom is 0.00498 e. The molecule has 0 atom stereocenters. The minimum Gasteiger partial charge on any atom is -0.328 e. The Morgan fingerprint density at radius 2 is 1.36 bits per heavy atom.